The van der Waals surface area contributed by atoms with E-state index in [4.69, 9.17) is 10.5 Å². The number of aromatic nitrogens is 1. The molecule has 2 atom stereocenters. The molecule has 2 rings (SSSR count). The van der Waals surface area contributed by atoms with Crippen LogP contribution in [0.1, 0.15) is 25.7 Å². The zero-order chi connectivity index (χ0) is 13.7. The van der Waals surface area contributed by atoms with E-state index < -0.39 is 5.54 Å². The lowest BCUT2D eigenvalue weighted by Gasteiger charge is -2.28. The number of methoxy groups -OCH3 is 1. The molecule has 104 valence electrons. The topological polar surface area (TPSA) is 65.2 Å². The van der Waals surface area contributed by atoms with E-state index in [1.54, 1.807) is 18.0 Å². The smallest absolute Gasteiger partial charge is 0.326 e. The van der Waals surface area contributed by atoms with Crippen LogP contribution in [-0.2, 0) is 9.53 Å². The molecule has 0 saturated heterocycles. The predicted octanol–water partition coefficient (Wildman–Crippen LogP) is 2.23. The Balaban J connectivity index is 1.87. The van der Waals surface area contributed by atoms with Gasteiger partial charge in [-0.15, -0.1) is 11.8 Å². The Morgan fingerprint density at radius 2 is 2.47 bits per heavy atom. The quantitative estimate of drug-likeness (QED) is 0.662. The minimum absolute atomic E-state index is 0.219. The number of pyridine rings is 1. The molecule has 1 aromatic heterocycles. The highest BCUT2D eigenvalue weighted by Crippen LogP contribution is 2.38. The van der Waals surface area contributed by atoms with E-state index >= 15 is 0 Å². The highest BCUT2D eigenvalue weighted by molar-refractivity contribution is 7.99. The van der Waals surface area contributed by atoms with Crippen LogP contribution in [0.3, 0.4) is 0 Å². The van der Waals surface area contributed by atoms with Crippen molar-refractivity contribution in [2.75, 3.05) is 12.9 Å². The van der Waals surface area contributed by atoms with Crippen molar-refractivity contribution in [2.45, 2.75) is 36.2 Å². The number of ether oxygens (including phenoxy) is 1. The second kappa shape index (κ2) is 6.39. The van der Waals surface area contributed by atoms with Crippen LogP contribution in [-0.4, -0.2) is 29.4 Å². The molecule has 0 radical (unpaired) electrons. The van der Waals surface area contributed by atoms with Gasteiger partial charge < -0.3 is 10.5 Å². The standard InChI is InChI=1S/C14H20N2O2S/c1-18-13(17)14(15)8-4-5-11(14)7-10-19-12-6-2-3-9-16-12/h2-3,6,9,11H,4-5,7-8,10,15H2,1H3. The number of carbonyl (C=O) groups is 1. The van der Waals surface area contributed by atoms with Gasteiger partial charge in [0, 0.05) is 6.20 Å². The third kappa shape index (κ3) is 3.28. The SMILES string of the molecule is COC(=O)C1(N)CCCC1CCSc1ccccn1. The first-order chi connectivity index (χ1) is 9.16. The van der Waals surface area contributed by atoms with Crippen LogP contribution in [0.5, 0.6) is 0 Å². The summed E-state index contributed by atoms with van der Waals surface area (Å²) in [7, 11) is 1.41. The maximum absolute atomic E-state index is 11.8. The molecule has 1 aromatic rings. The maximum Gasteiger partial charge on any atom is 0.326 e. The number of hydrogen-bond donors (Lipinski definition) is 1. The van der Waals surface area contributed by atoms with Crippen molar-refractivity contribution >= 4 is 17.7 Å². The molecule has 0 spiro atoms. The number of rotatable bonds is 5. The largest absolute Gasteiger partial charge is 0.468 e. The number of thioether (sulfide) groups is 1. The van der Waals surface area contributed by atoms with E-state index in [9.17, 15) is 4.79 Å². The molecule has 1 heterocycles. The first kappa shape index (κ1) is 14.3. The number of nitrogens with zero attached hydrogens (tertiary/aromatic N) is 1. The van der Waals surface area contributed by atoms with Crippen LogP contribution < -0.4 is 5.73 Å². The van der Waals surface area contributed by atoms with Gasteiger partial charge in [0.15, 0.2) is 0 Å². The van der Waals surface area contributed by atoms with Crippen LogP contribution in [0.4, 0.5) is 0 Å². The van der Waals surface area contributed by atoms with Crippen LogP contribution in [0.15, 0.2) is 29.4 Å². The molecule has 1 aliphatic rings. The molecule has 2 N–H and O–H groups in total. The van der Waals surface area contributed by atoms with E-state index in [2.05, 4.69) is 4.98 Å². The highest BCUT2D eigenvalue weighted by Gasteiger charge is 2.46. The second-order valence-corrected chi connectivity index (χ2v) is 6.04. The summed E-state index contributed by atoms with van der Waals surface area (Å²) in [6.07, 6.45) is 5.46. The third-order valence-electron chi connectivity index (χ3n) is 3.79. The van der Waals surface area contributed by atoms with Crippen LogP contribution in [0, 0.1) is 5.92 Å². The minimum Gasteiger partial charge on any atom is -0.468 e. The van der Waals surface area contributed by atoms with Crippen LogP contribution >= 0.6 is 11.8 Å². The Morgan fingerprint density at radius 3 is 3.16 bits per heavy atom. The molecule has 0 amide bonds. The van der Waals surface area contributed by atoms with Gasteiger partial charge in [-0.1, -0.05) is 12.5 Å². The molecule has 2 unspecified atom stereocenters. The van der Waals surface area contributed by atoms with Gasteiger partial charge in [0.1, 0.15) is 5.54 Å². The van der Waals surface area contributed by atoms with E-state index in [0.29, 0.717) is 0 Å². The molecular formula is C14H20N2O2S. The van der Waals surface area contributed by atoms with Gasteiger partial charge in [-0.3, -0.25) is 4.79 Å². The molecule has 1 aliphatic carbocycles. The minimum atomic E-state index is -0.778. The van der Waals surface area contributed by atoms with E-state index in [0.717, 1.165) is 36.5 Å². The van der Waals surface area contributed by atoms with Gasteiger partial charge in [0.05, 0.1) is 12.1 Å². The summed E-state index contributed by atoms with van der Waals surface area (Å²) in [5.41, 5.74) is 5.46. The highest BCUT2D eigenvalue weighted by atomic mass is 32.2. The molecule has 5 heteroatoms. The van der Waals surface area contributed by atoms with Gasteiger partial charge in [-0.2, -0.15) is 0 Å². The van der Waals surface area contributed by atoms with E-state index in [-0.39, 0.29) is 11.9 Å². The van der Waals surface area contributed by atoms with E-state index in [1.165, 1.54) is 7.11 Å². The Kier molecular flexibility index (Phi) is 4.82. The first-order valence-electron chi connectivity index (χ1n) is 6.58. The molecule has 0 aromatic carbocycles. The number of nitrogens with two attached hydrogens (primary N) is 1. The Bertz CT molecular complexity index is 427. The molecule has 19 heavy (non-hydrogen) atoms. The zero-order valence-electron chi connectivity index (χ0n) is 11.2. The van der Waals surface area contributed by atoms with Crippen LogP contribution in [0.2, 0.25) is 0 Å². The number of carbonyl (C=O) groups excluding carboxylic acids is 1. The average Bonchev–Trinajstić information content (AvgIpc) is 2.82. The van der Waals surface area contributed by atoms with Gasteiger partial charge >= 0.3 is 5.97 Å². The van der Waals surface area contributed by atoms with Crippen molar-refractivity contribution < 1.29 is 9.53 Å². The predicted molar refractivity (Wildman–Crippen MR) is 75.9 cm³/mol. The summed E-state index contributed by atoms with van der Waals surface area (Å²) in [5, 5.41) is 1.01. The summed E-state index contributed by atoms with van der Waals surface area (Å²) >= 11 is 1.71. The van der Waals surface area contributed by atoms with Crippen molar-refractivity contribution in [3.63, 3.8) is 0 Å². The van der Waals surface area contributed by atoms with Crippen molar-refractivity contribution in [3.8, 4) is 0 Å². The summed E-state index contributed by atoms with van der Waals surface area (Å²) in [6.45, 7) is 0. The van der Waals surface area contributed by atoms with Gasteiger partial charge in [0.25, 0.3) is 0 Å². The lowest BCUT2D eigenvalue weighted by molar-refractivity contribution is -0.148. The Morgan fingerprint density at radius 1 is 1.63 bits per heavy atom. The van der Waals surface area contributed by atoms with Crippen molar-refractivity contribution in [1.29, 1.82) is 0 Å². The fourth-order valence-electron chi connectivity index (χ4n) is 2.70. The van der Waals surface area contributed by atoms with Gasteiger partial charge in [-0.05, 0) is 43.1 Å². The van der Waals surface area contributed by atoms with E-state index in [1.807, 2.05) is 18.2 Å². The lowest BCUT2D eigenvalue weighted by atomic mass is 9.86. The second-order valence-electron chi connectivity index (χ2n) is 4.93. The zero-order valence-corrected chi connectivity index (χ0v) is 12.0. The van der Waals surface area contributed by atoms with Gasteiger partial charge in [0.2, 0.25) is 0 Å². The number of esters is 1. The van der Waals surface area contributed by atoms with Crippen molar-refractivity contribution in [2.24, 2.45) is 11.7 Å². The molecule has 0 bridgehead atoms. The summed E-state index contributed by atoms with van der Waals surface area (Å²) in [4.78, 5) is 16.1. The van der Waals surface area contributed by atoms with Gasteiger partial charge in [-0.25, -0.2) is 4.98 Å². The van der Waals surface area contributed by atoms with Crippen molar-refractivity contribution in [1.82, 2.24) is 4.98 Å². The Hall–Kier alpha value is -1.07. The summed E-state index contributed by atoms with van der Waals surface area (Å²) in [6, 6.07) is 5.88. The summed E-state index contributed by atoms with van der Waals surface area (Å²) < 4.78 is 4.85. The fraction of sp³-hybridized carbons (Fsp3) is 0.571. The lowest BCUT2D eigenvalue weighted by Crippen LogP contribution is -2.51. The molecule has 0 aliphatic heterocycles. The summed E-state index contributed by atoms with van der Waals surface area (Å²) in [5.74, 6) is 0.881. The monoisotopic (exact) mass is 280 g/mol. The molecule has 1 fully saturated rings. The first-order valence-corrected chi connectivity index (χ1v) is 7.56. The normalized spacial score (nSPS) is 26.3. The van der Waals surface area contributed by atoms with Crippen molar-refractivity contribution in [3.05, 3.63) is 24.4 Å². The Labute approximate surface area is 118 Å². The van der Waals surface area contributed by atoms with Crippen LogP contribution in [0.25, 0.3) is 0 Å². The average molecular weight is 280 g/mol. The third-order valence-corrected chi connectivity index (χ3v) is 4.77. The molecular weight excluding hydrogens is 260 g/mol. The fourth-order valence-corrected chi connectivity index (χ4v) is 3.62. The molecule has 4 nitrogen and oxygen atoms in total. The number of hydrogen-bond acceptors (Lipinski definition) is 5. The molecule has 1 saturated carbocycles. The maximum atomic E-state index is 11.8.